The Balaban J connectivity index is 1.42. The van der Waals surface area contributed by atoms with E-state index in [-0.39, 0.29) is 47.3 Å². The quantitative estimate of drug-likeness (QED) is 0.192. The van der Waals surface area contributed by atoms with Gasteiger partial charge < -0.3 is 19.5 Å². The standard InChI is InChI=1S/C34H42N4O8S/c1-21-7-12-29-33(4,15-13-30(46-23(3)40)34(29,5)20-45-22(2)39)27(21)19-28(26-14-18-44-31(26)41)37-24-8-10-25(11-9-24)47(42,43)38-32-35-16-6-17-36-32/h6,8-11,14,16-17,27-30,37H,1,7,12-13,15,18-20H2,2-5H3,(H,35,36,38)/t27-,28?,29+,30-,33+,34+/m1/s1. The summed E-state index contributed by atoms with van der Waals surface area (Å²) in [6.07, 6.45) is 7.62. The number of aromatic nitrogens is 2. The van der Waals surface area contributed by atoms with Crippen LogP contribution in [0.3, 0.4) is 0 Å². The van der Waals surface area contributed by atoms with E-state index in [4.69, 9.17) is 14.2 Å². The van der Waals surface area contributed by atoms with E-state index in [1.807, 2.05) is 6.92 Å². The molecule has 2 heterocycles. The van der Waals surface area contributed by atoms with Crippen LogP contribution in [0.15, 0.2) is 71.4 Å². The second-order valence-electron chi connectivity index (χ2n) is 13.1. The molecule has 252 valence electrons. The lowest BCUT2D eigenvalue weighted by Crippen LogP contribution is -2.59. The van der Waals surface area contributed by atoms with E-state index in [1.165, 1.54) is 38.4 Å². The lowest BCUT2D eigenvalue weighted by molar-refractivity contribution is -0.191. The maximum absolute atomic E-state index is 12.9. The predicted octanol–water partition coefficient (Wildman–Crippen LogP) is 4.81. The first-order valence-corrected chi connectivity index (χ1v) is 17.2. The van der Waals surface area contributed by atoms with Crippen LogP contribution >= 0.6 is 0 Å². The Morgan fingerprint density at radius 3 is 2.43 bits per heavy atom. The van der Waals surface area contributed by atoms with Gasteiger partial charge in [0, 0.05) is 37.3 Å². The number of anilines is 2. The Labute approximate surface area is 275 Å². The van der Waals surface area contributed by atoms with E-state index in [2.05, 4.69) is 33.5 Å². The fraction of sp³-hybridized carbons (Fsp3) is 0.500. The Kier molecular flexibility index (Phi) is 9.76. The number of carbonyl (C=O) groups excluding carboxylic acids is 3. The molecule has 13 heteroatoms. The first kappa shape index (κ1) is 34.1. The van der Waals surface area contributed by atoms with Crippen molar-refractivity contribution in [2.45, 2.75) is 76.8 Å². The maximum Gasteiger partial charge on any atom is 0.336 e. The molecule has 2 aliphatic carbocycles. The molecule has 12 nitrogen and oxygen atoms in total. The van der Waals surface area contributed by atoms with Gasteiger partial charge in [0.15, 0.2) is 0 Å². The number of nitrogens with one attached hydrogen (secondary N) is 2. The molecule has 0 saturated heterocycles. The predicted molar refractivity (Wildman–Crippen MR) is 173 cm³/mol. The highest BCUT2D eigenvalue weighted by Crippen LogP contribution is 2.62. The van der Waals surface area contributed by atoms with E-state index in [0.29, 0.717) is 24.1 Å². The van der Waals surface area contributed by atoms with Gasteiger partial charge in [-0.05, 0) is 85.8 Å². The number of benzene rings is 1. The van der Waals surface area contributed by atoms with Gasteiger partial charge in [-0.2, -0.15) is 0 Å². The molecule has 2 N–H and O–H groups in total. The third-order valence-corrected chi connectivity index (χ3v) is 11.5. The van der Waals surface area contributed by atoms with Crippen LogP contribution in [-0.2, 0) is 38.6 Å². The largest absolute Gasteiger partial charge is 0.465 e. The number of esters is 3. The molecule has 0 spiro atoms. The second kappa shape index (κ2) is 13.5. The fourth-order valence-electron chi connectivity index (χ4n) is 7.87. The Bertz CT molecular complexity index is 1660. The summed E-state index contributed by atoms with van der Waals surface area (Å²) in [7, 11) is -3.93. The number of carbonyl (C=O) groups is 3. The number of hydrogen-bond acceptors (Lipinski definition) is 11. The summed E-state index contributed by atoms with van der Waals surface area (Å²) in [5, 5.41) is 3.47. The lowest BCUT2D eigenvalue weighted by atomic mass is 9.46. The normalized spacial score (nSPS) is 27.9. The first-order valence-electron chi connectivity index (χ1n) is 15.7. The van der Waals surface area contributed by atoms with Crippen LogP contribution in [0, 0.1) is 22.7 Å². The average Bonchev–Trinajstić information content (AvgIpc) is 3.45. The summed E-state index contributed by atoms with van der Waals surface area (Å²) < 4.78 is 44.9. The van der Waals surface area contributed by atoms with Crippen LogP contribution in [0.5, 0.6) is 0 Å². The zero-order chi connectivity index (χ0) is 34.0. The van der Waals surface area contributed by atoms with Crippen molar-refractivity contribution in [1.82, 2.24) is 9.97 Å². The molecule has 1 aromatic heterocycles. The van der Waals surface area contributed by atoms with Crippen LogP contribution in [0.4, 0.5) is 11.6 Å². The Morgan fingerprint density at radius 1 is 1.11 bits per heavy atom. The SMILES string of the molecule is C=C1CC[C@@H]2[C@](C)(COC(C)=O)[C@H](OC(C)=O)CC[C@@]2(C)[C@@H]1CC(Nc1ccc(S(=O)(=O)Nc2ncccn2)cc1)C1=CCOC1=O. The molecule has 47 heavy (non-hydrogen) atoms. The van der Waals surface area contributed by atoms with E-state index in [9.17, 15) is 22.8 Å². The van der Waals surface area contributed by atoms with Gasteiger partial charge in [-0.3, -0.25) is 9.59 Å². The van der Waals surface area contributed by atoms with E-state index < -0.39 is 39.5 Å². The third-order valence-electron chi connectivity index (χ3n) is 10.1. The summed E-state index contributed by atoms with van der Waals surface area (Å²) in [6.45, 7) is 11.8. The Morgan fingerprint density at radius 2 is 1.81 bits per heavy atom. The fourth-order valence-corrected chi connectivity index (χ4v) is 8.83. The highest BCUT2D eigenvalue weighted by Gasteiger charge is 2.60. The van der Waals surface area contributed by atoms with Gasteiger partial charge in [0.2, 0.25) is 5.95 Å². The van der Waals surface area contributed by atoms with E-state index in [1.54, 1.807) is 24.3 Å². The van der Waals surface area contributed by atoms with Gasteiger partial charge in [0.1, 0.15) is 19.3 Å². The minimum Gasteiger partial charge on any atom is -0.465 e. The zero-order valence-electron chi connectivity index (χ0n) is 27.2. The van der Waals surface area contributed by atoms with Crippen LogP contribution in [0.25, 0.3) is 0 Å². The molecule has 2 fully saturated rings. The molecule has 1 unspecified atom stereocenters. The smallest absolute Gasteiger partial charge is 0.336 e. The highest BCUT2D eigenvalue weighted by atomic mass is 32.2. The maximum atomic E-state index is 12.9. The third kappa shape index (κ3) is 7.19. The molecule has 2 aromatic rings. The topological polar surface area (TPSA) is 163 Å². The Hall–Kier alpha value is -4.26. The number of allylic oxidation sites excluding steroid dienone is 1. The first-order chi connectivity index (χ1) is 22.2. The monoisotopic (exact) mass is 666 g/mol. The van der Waals surface area contributed by atoms with Crippen molar-refractivity contribution in [3.63, 3.8) is 0 Å². The van der Waals surface area contributed by atoms with Crippen molar-refractivity contribution in [3.8, 4) is 0 Å². The van der Waals surface area contributed by atoms with Crippen molar-refractivity contribution in [1.29, 1.82) is 0 Å². The summed E-state index contributed by atoms with van der Waals surface area (Å²) >= 11 is 0. The molecule has 1 aromatic carbocycles. The molecule has 5 rings (SSSR count). The van der Waals surface area contributed by atoms with Crippen LogP contribution in [0.1, 0.15) is 59.8 Å². The van der Waals surface area contributed by atoms with Gasteiger partial charge in [-0.25, -0.2) is 27.9 Å². The van der Waals surface area contributed by atoms with Crippen LogP contribution in [0.2, 0.25) is 0 Å². The van der Waals surface area contributed by atoms with Gasteiger partial charge in [0.25, 0.3) is 10.0 Å². The molecule has 6 atom stereocenters. The van der Waals surface area contributed by atoms with Gasteiger partial charge >= 0.3 is 17.9 Å². The number of ether oxygens (including phenoxy) is 3. The number of sulfonamides is 1. The number of hydrogen-bond donors (Lipinski definition) is 2. The molecule has 0 amide bonds. The van der Waals surface area contributed by atoms with Crippen LogP contribution in [-0.4, -0.2) is 61.7 Å². The van der Waals surface area contributed by atoms with Gasteiger partial charge in [0.05, 0.1) is 16.5 Å². The van der Waals surface area contributed by atoms with Crippen molar-refractivity contribution in [3.05, 3.63) is 66.5 Å². The minimum absolute atomic E-state index is 0.0266. The number of cyclic esters (lactones) is 1. The van der Waals surface area contributed by atoms with Crippen molar-refractivity contribution < 1.29 is 37.0 Å². The molecular weight excluding hydrogens is 624 g/mol. The minimum atomic E-state index is -3.93. The number of rotatable bonds is 11. The van der Waals surface area contributed by atoms with Crippen molar-refractivity contribution in [2.75, 3.05) is 23.3 Å². The molecular formula is C34H42N4O8S. The summed E-state index contributed by atoms with van der Waals surface area (Å²) in [5.41, 5.74) is 1.25. The van der Waals surface area contributed by atoms with Crippen molar-refractivity contribution >= 4 is 39.6 Å². The summed E-state index contributed by atoms with van der Waals surface area (Å²) in [6, 6.07) is 7.36. The van der Waals surface area contributed by atoms with E-state index >= 15 is 0 Å². The summed E-state index contributed by atoms with van der Waals surface area (Å²) in [5.74, 6) is -1.22. The molecule has 3 aliphatic rings. The van der Waals surface area contributed by atoms with Gasteiger partial charge in [-0.15, -0.1) is 0 Å². The molecule has 0 radical (unpaired) electrons. The number of nitrogens with zero attached hydrogens (tertiary/aromatic N) is 2. The number of fused-ring (bicyclic) bond motifs is 1. The average molecular weight is 667 g/mol. The second-order valence-corrected chi connectivity index (χ2v) is 14.8. The molecule has 1 aliphatic heterocycles. The van der Waals surface area contributed by atoms with Crippen molar-refractivity contribution in [2.24, 2.45) is 22.7 Å². The highest BCUT2D eigenvalue weighted by molar-refractivity contribution is 7.92. The summed E-state index contributed by atoms with van der Waals surface area (Å²) in [4.78, 5) is 44.8. The molecule has 0 bridgehead atoms. The van der Waals surface area contributed by atoms with Gasteiger partial charge in [-0.1, -0.05) is 26.0 Å². The lowest BCUT2D eigenvalue weighted by Gasteiger charge is -2.60. The van der Waals surface area contributed by atoms with E-state index in [0.717, 1.165) is 24.8 Å². The molecule has 2 saturated carbocycles. The van der Waals surface area contributed by atoms with Crippen LogP contribution < -0.4 is 10.0 Å². The zero-order valence-corrected chi connectivity index (χ0v) is 28.0.